The molecule has 0 N–H and O–H groups in total. The number of hydrogen-bond donors (Lipinski definition) is 0. The van der Waals surface area contributed by atoms with Gasteiger partial charge in [-0.3, -0.25) is 14.4 Å². The lowest BCUT2D eigenvalue weighted by Gasteiger charge is -2.18. The maximum Gasteiger partial charge on any atom is 0.306 e. The SMILES string of the molecule is CCCCCCCCCCCCCCCCCCC(=O)O[C@H](COC(=O)CCCCCCCCCCCCCC)COC(=O)CCCCCCCCCCCCCCCCC(C)C. The first-order chi connectivity index (χ1) is 30.9. The van der Waals surface area contributed by atoms with E-state index in [-0.39, 0.29) is 31.1 Å². The van der Waals surface area contributed by atoms with Crippen LogP contribution in [0.2, 0.25) is 0 Å². The summed E-state index contributed by atoms with van der Waals surface area (Å²) < 4.78 is 16.9. The quantitative estimate of drug-likeness (QED) is 0.0344. The van der Waals surface area contributed by atoms with Crippen molar-refractivity contribution in [3.8, 4) is 0 Å². The molecule has 0 aromatic carbocycles. The molecule has 0 saturated heterocycles. The Morgan fingerprint density at radius 3 is 0.778 bits per heavy atom. The summed E-state index contributed by atoms with van der Waals surface area (Å²) in [6, 6.07) is 0. The Balaban J connectivity index is 4.28. The molecule has 0 saturated carbocycles. The first-order valence-electron chi connectivity index (χ1n) is 28.4. The first-order valence-corrected chi connectivity index (χ1v) is 28.4. The van der Waals surface area contributed by atoms with Crippen molar-refractivity contribution in [2.24, 2.45) is 5.92 Å². The molecule has 63 heavy (non-hydrogen) atoms. The van der Waals surface area contributed by atoms with Crippen molar-refractivity contribution in [1.29, 1.82) is 0 Å². The van der Waals surface area contributed by atoms with E-state index in [1.807, 2.05) is 0 Å². The van der Waals surface area contributed by atoms with E-state index in [0.29, 0.717) is 19.3 Å². The first kappa shape index (κ1) is 61.4. The van der Waals surface area contributed by atoms with Crippen LogP contribution in [0.4, 0.5) is 0 Å². The van der Waals surface area contributed by atoms with Crippen molar-refractivity contribution in [1.82, 2.24) is 0 Å². The van der Waals surface area contributed by atoms with Gasteiger partial charge in [-0.15, -0.1) is 0 Å². The average Bonchev–Trinajstić information content (AvgIpc) is 3.27. The van der Waals surface area contributed by atoms with Gasteiger partial charge in [0.25, 0.3) is 0 Å². The molecule has 0 aliphatic rings. The van der Waals surface area contributed by atoms with Gasteiger partial charge in [0.1, 0.15) is 13.2 Å². The highest BCUT2D eigenvalue weighted by Crippen LogP contribution is 2.18. The molecule has 0 fully saturated rings. The lowest BCUT2D eigenvalue weighted by molar-refractivity contribution is -0.167. The number of rotatable bonds is 52. The van der Waals surface area contributed by atoms with Crippen LogP contribution in [-0.4, -0.2) is 37.2 Å². The molecule has 6 nitrogen and oxygen atoms in total. The smallest absolute Gasteiger partial charge is 0.306 e. The molecule has 0 unspecified atom stereocenters. The lowest BCUT2D eigenvalue weighted by atomic mass is 10.0. The van der Waals surface area contributed by atoms with Crippen LogP contribution in [-0.2, 0) is 28.6 Å². The zero-order valence-electron chi connectivity index (χ0n) is 43.0. The van der Waals surface area contributed by atoms with Gasteiger partial charge in [0.15, 0.2) is 6.10 Å². The van der Waals surface area contributed by atoms with Gasteiger partial charge < -0.3 is 14.2 Å². The number of ether oxygens (including phenoxy) is 3. The third-order valence-corrected chi connectivity index (χ3v) is 13.0. The normalized spacial score (nSPS) is 12.0. The van der Waals surface area contributed by atoms with Crippen LogP contribution in [0.3, 0.4) is 0 Å². The molecule has 1 atom stereocenters. The van der Waals surface area contributed by atoms with E-state index in [1.54, 1.807) is 0 Å². The van der Waals surface area contributed by atoms with Gasteiger partial charge >= 0.3 is 17.9 Å². The van der Waals surface area contributed by atoms with Gasteiger partial charge in [-0.1, -0.05) is 285 Å². The van der Waals surface area contributed by atoms with Crippen LogP contribution in [0.25, 0.3) is 0 Å². The Morgan fingerprint density at radius 2 is 0.524 bits per heavy atom. The minimum atomic E-state index is -0.761. The molecule has 0 aromatic heterocycles. The predicted octanol–water partition coefficient (Wildman–Crippen LogP) is 18.6. The Labute approximate surface area is 393 Å². The fraction of sp³-hybridized carbons (Fsp3) is 0.947. The standard InChI is InChI=1S/C57H110O6/c1-5-7-9-11-13-15-17-19-20-21-26-30-34-38-42-46-50-57(60)63-54(51-61-55(58)48-44-40-36-32-28-18-16-14-12-10-8-6-2)52-62-56(59)49-45-41-37-33-29-25-23-22-24-27-31-35-39-43-47-53(3)4/h53-54H,5-52H2,1-4H3/t54-/m1/s1. The summed E-state index contributed by atoms with van der Waals surface area (Å²) in [4.78, 5) is 38.1. The van der Waals surface area contributed by atoms with E-state index >= 15 is 0 Å². The molecule has 0 heterocycles. The van der Waals surface area contributed by atoms with Crippen LogP contribution < -0.4 is 0 Å². The second kappa shape index (κ2) is 51.4. The highest BCUT2D eigenvalue weighted by molar-refractivity contribution is 5.71. The fourth-order valence-corrected chi connectivity index (χ4v) is 8.75. The van der Waals surface area contributed by atoms with Crippen molar-refractivity contribution < 1.29 is 28.6 Å². The number of unbranched alkanes of at least 4 members (excludes halogenated alkanes) is 39. The van der Waals surface area contributed by atoms with E-state index in [0.717, 1.165) is 63.7 Å². The van der Waals surface area contributed by atoms with Crippen molar-refractivity contribution in [3.63, 3.8) is 0 Å². The molecule has 0 aromatic rings. The van der Waals surface area contributed by atoms with Crippen LogP contribution in [0, 0.1) is 5.92 Å². The van der Waals surface area contributed by atoms with E-state index in [2.05, 4.69) is 27.7 Å². The minimum absolute atomic E-state index is 0.0620. The average molecular weight is 892 g/mol. The fourth-order valence-electron chi connectivity index (χ4n) is 8.75. The largest absolute Gasteiger partial charge is 0.462 e. The molecule has 0 aliphatic heterocycles. The minimum Gasteiger partial charge on any atom is -0.462 e. The number of carbonyl (C=O) groups is 3. The van der Waals surface area contributed by atoms with Gasteiger partial charge in [-0.2, -0.15) is 0 Å². The third kappa shape index (κ3) is 51.3. The molecular weight excluding hydrogens is 781 g/mol. The molecule has 374 valence electrons. The van der Waals surface area contributed by atoms with E-state index in [1.165, 1.54) is 218 Å². The Kier molecular flexibility index (Phi) is 50.1. The zero-order chi connectivity index (χ0) is 45.9. The summed E-state index contributed by atoms with van der Waals surface area (Å²) in [5, 5.41) is 0. The molecule has 0 amide bonds. The third-order valence-electron chi connectivity index (χ3n) is 13.0. The van der Waals surface area contributed by atoms with E-state index < -0.39 is 6.10 Å². The Morgan fingerprint density at radius 1 is 0.302 bits per heavy atom. The van der Waals surface area contributed by atoms with Crippen LogP contribution in [0.5, 0.6) is 0 Å². The van der Waals surface area contributed by atoms with Crippen LogP contribution >= 0.6 is 0 Å². The van der Waals surface area contributed by atoms with Crippen molar-refractivity contribution in [2.45, 2.75) is 329 Å². The summed E-state index contributed by atoms with van der Waals surface area (Å²) in [6.45, 7) is 9.06. The van der Waals surface area contributed by atoms with Gasteiger partial charge in [-0.05, 0) is 25.2 Å². The Bertz CT molecular complexity index is 949. The summed E-state index contributed by atoms with van der Waals surface area (Å²) in [5.74, 6) is 0.00820. The maximum atomic E-state index is 12.8. The summed E-state index contributed by atoms with van der Waals surface area (Å²) in [7, 11) is 0. The molecule has 6 heteroatoms. The van der Waals surface area contributed by atoms with E-state index in [9.17, 15) is 14.4 Å². The Hall–Kier alpha value is -1.59. The molecule has 0 bridgehead atoms. The number of hydrogen-bond acceptors (Lipinski definition) is 6. The van der Waals surface area contributed by atoms with Crippen molar-refractivity contribution in [3.05, 3.63) is 0 Å². The van der Waals surface area contributed by atoms with Crippen molar-refractivity contribution in [2.75, 3.05) is 13.2 Å². The van der Waals surface area contributed by atoms with E-state index in [4.69, 9.17) is 14.2 Å². The predicted molar refractivity (Wildman–Crippen MR) is 270 cm³/mol. The zero-order valence-corrected chi connectivity index (χ0v) is 43.0. The molecular formula is C57H110O6. The van der Waals surface area contributed by atoms with Gasteiger partial charge in [0, 0.05) is 19.3 Å². The summed E-state index contributed by atoms with van der Waals surface area (Å²) in [6.07, 6.45) is 55.2. The van der Waals surface area contributed by atoms with Crippen LogP contribution in [0.1, 0.15) is 323 Å². The number of carbonyl (C=O) groups excluding carboxylic acids is 3. The second-order valence-corrected chi connectivity index (χ2v) is 20.1. The highest BCUT2D eigenvalue weighted by Gasteiger charge is 2.19. The van der Waals surface area contributed by atoms with Crippen LogP contribution in [0.15, 0.2) is 0 Å². The van der Waals surface area contributed by atoms with Gasteiger partial charge in [0.05, 0.1) is 0 Å². The lowest BCUT2D eigenvalue weighted by Crippen LogP contribution is -2.30. The summed E-state index contributed by atoms with van der Waals surface area (Å²) in [5.41, 5.74) is 0. The molecule has 0 aliphatic carbocycles. The summed E-state index contributed by atoms with van der Waals surface area (Å²) >= 11 is 0. The monoisotopic (exact) mass is 891 g/mol. The highest BCUT2D eigenvalue weighted by atomic mass is 16.6. The number of esters is 3. The second-order valence-electron chi connectivity index (χ2n) is 20.1. The maximum absolute atomic E-state index is 12.8. The molecule has 0 spiro atoms. The van der Waals surface area contributed by atoms with Gasteiger partial charge in [0.2, 0.25) is 0 Å². The molecule has 0 rings (SSSR count). The van der Waals surface area contributed by atoms with Crippen molar-refractivity contribution >= 4 is 17.9 Å². The topological polar surface area (TPSA) is 78.9 Å². The van der Waals surface area contributed by atoms with Gasteiger partial charge in [-0.25, -0.2) is 0 Å². The molecule has 0 radical (unpaired) electrons.